The Morgan fingerprint density at radius 1 is 1.38 bits per heavy atom. The molecule has 116 valence electrons. The molecule has 1 fully saturated rings. The second-order valence-electron chi connectivity index (χ2n) is 4.47. The number of ether oxygens (including phenoxy) is 2. The summed E-state index contributed by atoms with van der Waals surface area (Å²) in [6, 6.07) is 2.62. The lowest BCUT2D eigenvalue weighted by molar-refractivity contribution is -0.137. The first-order chi connectivity index (χ1) is 9.88. The smallest absolute Gasteiger partial charge is 0.376 e. The highest BCUT2D eigenvalue weighted by atomic mass is 35.5. The third-order valence-corrected chi connectivity index (χ3v) is 3.24. The summed E-state index contributed by atoms with van der Waals surface area (Å²) in [5.41, 5.74) is -1.14. The number of rotatable bonds is 3. The van der Waals surface area contributed by atoms with Gasteiger partial charge in [0.25, 0.3) is 5.91 Å². The molecule has 0 aromatic heterocycles. The number of benzene rings is 1. The van der Waals surface area contributed by atoms with E-state index in [-0.39, 0.29) is 23.2 Å². The molecule has 1 aromatic carbocycles. The standard InChI is InChI=1S/C13H13ClF3NO3/c14-11-2-1-8(13(15,16)17)5-10(11)12(19)18-6-9-7-20-3-4-21-9/h1-2,5,9H,3-4,6-7H2,(H,18,19)/t9-/m1/s1. The number of hydrogen-bond acceptors (Lipinski definition) is 3. The summed E-state index contributed by atoms with van der Waals surface area (Å²) in [5, 5.41) is 2.45. The van der Waals surface area contributed by atoms with Gasteiger partial charge in [0.15, 0.2) is 0 Å². The van der Waals surface area contributed by atoms with E-state index in [0.717, 1.165) is 18.2 Å². The van der Waals surface area contributed by atoms with Gasteiger partial charge in [0.05, 0.1) is 42.1 Å². The molecule has 1 N–H and O–H groups in total. The largest absolute Gasteiger partial charge is 0.416 e. The molecule has 1 aliphatic heterocycles. The number of alkyl halides is 3. The van der Waals surface area contributed by atoms with Gasteiger partial charge >= 0.3 is 6.18 Å². The molecule has 0 unspecified atom stereocenters. The summed E-state index contributed by atoms with van der Waals surface area (Å²) in [6.07, 6.45) is -4.84. The fourth-order valence-corrected chi connectivity index (χ4v) is 2.04. The fourth-order valence-electron chi connectivity index (χ4n) is 1.83. The molecular formula is C13H13ClF3NO3. The molecule has 0 saturated carbocycles. The van der Waals surface area contributed by atoms with Gasteiger partial charge in [0.2, 0.25) is 0 Å². The Kier molecular flexibility index (Phi) is 5.08. The van der Waals surface area contributed by atoms with E-state index in [9.17, 15) is 18.0 Å². The molecule has 0 spiro atoms. The van der Waals surface area contributed by atoms with Crippen molar-refractivity contribution < 1.29 is 27.4 Å². The summed E-state index contributed by atoms with van der Waals surface area (Å²) in [6.45, 7) is 1.39. The highest BCUT2D eigenvalue weighted by Crippen LogP contribution is 2.31. The minimum atomic E-state index is -4.53. The van der Waals surface area contributed by atoms with E-state index in [1.54, 1.807) is 0 Å². The highest BCUT2D eigenvalue weighted by molar-refractivity contribution is 6.33. The van der Waals surface area contributed by atoms with Gasteiger partial charge in [-0.1, -0.05) is 11.6 Å². The molecule has 2 rings (SSSR count). The molecule has 1 atom stereocenters. The van der Waals surface area contributed by atoms with E-state index >= 15 is 0 Å². The van der Waals surface area contributed by atoms with Crippen LogP contribution in [0.4, 0.5) is 13.2 Å². The first kappa shape index (κ1) is 16.1. The Hall–Kier alpha value is -1.31. The third kappa shape index (κ3) is 4.33. The van der Waals surface area contributed by atoms with Crippen molar-refractivity contribution in [3.05, 3.63) is 34.3 Å². The fraction of sp³-hybridized carbons (Fsp3) is 0.462. The molecular weight excluding hydrogens is 311 g/mol. The number of halogens is 4. The van der Waals surface area contributed by atoms with Crippen LogP contribution in [0.25, 0.3) is 0 Å². The molecule has 1 saturated heterocycles. The van der Waals surface area contributed by atoms with Gasteiger partial charge in [-0.25, -0.2) is 0 Å². The zero-order valence-corrected chi connectivity index (χ0v) is 11.6. The maximum absolute atomic E-state index is 12.6. The van der Waals surface area contributed by atoms with Crippen LogP contribution in [0.2, 0.25) is 5.02 Å². The third-order valence-electron chi connectivity index (χ3n) is 2.91. The molecule has 4 nitrogen and oxygen atoms in total. The molecule has 8 heteroatoms. The van der Waals surface area contributed by atoms with Crippen LogP contribution in [0.1, 0.15) is 15.9 Å². The Morgan fingerprint density at radius 2 is 2.14 bits per heavy atom. The Balaban J connectivity index is 2.04. The minimum absolute atomic E-state index is 0.0405. The van der Waals surface area contributed by atoms with Crippen LogP contribution in [0.3, 0.4) is 0 Å². The zero-order valence-electron chi connectivity index (χ0n) is 10.9. The summed E-state index contributed by atoms with van der Waals surface area (Å²) in [5.74, 6) is -0.680. The van der Waals surface area contributed by atoms with Crippen molar-refractivity contribution >= 4 is 17.5 Å². The molecule has 1 aromatic rings. The van der Waals surface area contributed by atoms with Gasteiger partial charge in [0.1, 0.15) is 0 Å². The second kappa shape index (κ2) is 6.64. The van der Waals surface area contributed by atoms with E-state index in [0.29, 0.717) is 19.8 Å². The van der Waals surface area contributed by atoms with Gasteiger partial charge in [-0.05, 0) is 18.2 Å². The van der Waals surface area contributed by atoms with Crippen LogP contribution in [-0.4, -0.2) is 38.4 Å². The number of carbonyl (C=O) groups excluding carboxylic acids is 1. The molecule has 1 amide bonds. The van der Waals surface area contributed by atoms with Gasteiger partial charge < -0.3 is 14.8 Å². The van der Waals surface area contributed by atoms with Crippen molar-refractivity contribution in [1.29, 1.82) is 0 Å². The summed E-state index contributed by atoms with van der Waals surface area (Å²) < 4.78 is 48.4. The van der Waals surface area contributed by atoms with Crippen LogP contribution in [-0.2, 0) is 15.7 Å². The first-order valence-electron chi connectivity index (χ1n) is 6.22. The van der Waals surface area contributed by atoms with Gasteiger partial charge in [-0.2, -0.15) is 13.2 Å². The molecule has 21 heavy (non-hydrogen) atoms. The maximum atomic E-state index is 12.6. The molecule has 1 aliphatic rings. The van der Waals surface area contributed by atoms with Crippen molar-refractivity contribution in [3.63, 3.8) is 0 Å². The number of nitrogens with one attached hydrogen (secondary N) is 1. The van der Waals surface area contributed by atoms with Crippen molar-refractivity contribution in [1.82, 2.24) is 5.32 Å². The molecule has 1 heterocycles. The van der Waals surface area contributed by atoms with Gasteiger partial charge in [-0.15, -0.1) is 0 Å². The van der Waals surface area contributed by atoms with E-state index < -0.39 is 17.6 Å². The average Bonchev–Trinajstić information content (AvgIpc) is 2.45. The van der Waals surface area contributed by atoms with E-state index in [2.05, 4.69) is 5.32 Å². The van der Waals surface area contributed by atoms with Crippen molar-refractivity contribution in [2.45, 2.75) is 12.3 Å². The normalized spacial score (nSPS) is 19.3. The predicted octanol–water partition coefficient (Wildman–Crippen LogP) is 2.50. The lowest BCUT2D eigenvalue weighted by Gasteiger charge is -2.23. The van der Waals surface area contributed by atoms with Crippen LogP contribution >= 0.6 is 11.6 Å². The monoisotopic (exact) mass is 323 g/mol. The molecule has 0 bridgehead atoms. The SMILES string of the molecule is O=C(NC[C@@H]1COCCO1)c1cc(C(F)(F)F)ccc1Cl. The number of hydrogen-bond donors (Lipinski definition) is 1. The number of amides is 1. The van der Waals surface area contributed by atoms with Crippen LogP contribution in [0, 0.1) is 0 Å². The maximum Gasteiger partial charge on any atom is 0.416 e. The van der Waals surface area contributed by atoms with Crippen molar-refractivity contribution in [3.8, 4) is 0 Å². The van der Waals surface area contributed by atoms with E-state index in [4.69, 9.17) is 21.1 Å². The molecule has 0 radical (unpaired) electrons. The summed E-state index contributed by atoms with van der Waals surface area (Å²) in [7, 11) is 0. The quantitative estimate of drug-likeness (QED) is 0.929. The second-order valence-corrected chi connectivity index (χ2v) is 4.88. The van der Waals surface area contributed by atoms with Gasteiger partial charge in [-0.3, -0.25) is 4.79 Å². The lowest BCUT2D eigenvalue weighted by Crippen LogP contribution is -2.39. The Labute approximate surface area is 124 Å². The Morgan fingerprint density at radius 3 is 2.76 bits per heavy atom. The molecule has 0 aliphatic carbocycles. The Bertz CT molecular complexity index is 516. The summed E-state index contributed by atoms with van der Waals surface area (Å²) >= 11 is 5.78. The average molecular weight is 324 g/mol. The first-order valence-corrected chi connectivity index (χ1v) is 6.60. The van der Waals surface area contributed by atoms with Crippen LogP contribution in [0.5, 0.6) is 0 Å². The minimum Gasteiger partial charge on any atom is -0.376 e. The van der Waals surface area contributed by atoms with Crippen LogP contribution < -0.4 is 5.32 Å². The number of carbonyl (C=O) groups is 1. The van der Waals surface area contributed by atoms with Crippen molar-refractivity contribution in [2.24, 2.45) is 0 Å². The lowest BCUT2D eigenvalue weighted by atomic mass is 10.1. The van der Waals surface area contributed by atoms with E-state index in [1.807, 2.05) is 0 Å². The van der Waals surface area contributed by atoms with Crippen molar-refractivity contribution in [2.75, 3.05) is 26.4 Å². The predicted molar refractivity (Wildman–Crippen MR) is 69.3 cm³/mol. The highest BCUT2D eigenvalue weighted by Gasteiger charge is 2.31. The van der Waals surface area contributed by atoms with Crippen LogP contribution in [0.15, 0.2) is 18.2 Å². The van der Waals surface area contributed by atoms with Gasteiger partial charge in [0, 0.05) is 6.54 Å². The van der Waals surface area contributed by atoms with E-state index in [1.165, 1.54) is 0 Å². The summed E-state index contributed by atoms with van der Waals surface area (Å²) in [4.78, 5) is 11.9. The topological polar surface area (TPSA) is 47.6 Å². The zero-order chi connectivity index (χ0) is 15.5.